The molecule has 2 N–H and O–H groups in total. The predicted octanol–water partition coefficient (Wildman–Crippen LogP) is 2.88. The van der Waals surface area contributed by atoms with Gasteiger partial charge in [0.15, 0.2) is 0 Å². The molecule has 1 unspecified atom stereocenters. The lowest BCUT2D eigenvalue weighted by Crippen LogP contribution is -2.47. The quantitative estimate of drug-likeness (QED) is 0.899. The minimum absolute atomic E-state index is 0.249. The van der Waals surface area contributed by atoms with Crippen molar-refractivity contribution in [1.29, 1.82) is 0 Å². The fraction of sp³-hybridized carbons (Fsp3) is 0.588. The number of thioether (sulfide) groups is 1. The number of amides is 1. The van der Waals surface area contributed by atoms with Gasteiger partial charge in [-0.1, -0.05) is 30.5 Å². The van der Waals surface area contributed by atoms with E-state index in [1.54, 1.807) is 11.8 Å². The number of aryl methyl sites for hydroxylation is 1. The third-order valence-electron chi connectivity index (χ3n) is 4.55. The van der Waals surface area contributed by atoms with Crippen LogP contribution in [0.3, 0.4) is 0 Å². The van der Waals surface area contributed by atoms with Gasteiger partial charge in [-0.25, -0.2) is 0 Å². The lowest BCUT2D eigenvalue weighted by molar-refractivity contribution is -0.123. The third-order valence-corrected chi connectivity index (χ3v) is 6.05. The monoisotopic (exact) mass is 304 g/mol. The van der Waals surface area contributed by atoms with Crippen LogP contribution < -0.4 is 10.6 Å². The lowest BCUT2D eigenvalue weighted by atomic mass is 10.1. The summed E-state index contributed by atoms with van der Waals surface area (Å²) in [6, 6.07) is 8.86. The van der Waals surface area contributed by atoms with Crippen molar-refractivity contribution in [2.75, 3.05) is 13.1 Å². The van der Waals surface area contributed by atoms with Crippen molar-refractivity contribution in [3.8, 4) is 0 Å². The van der Waals surface area contributed by atoms with E-state index in [-0.39, 0.29) is 10.7 Å². The summed E-state index contributed by atoms with van der Waals surface area (Å²) in [5, 5.41) is 6.59. The third kappa shape index (κ3) is 3.43. The first-order chi connectivity index (χ1) is 10.2. The topological polar surface area (TPSA) is 41.1 Å². The van der Waals surface area contributed by atoms with Crippen LogP contribution in [0, 0.1) is 6.92 Å². The number of hydrogen-bond acceptors (Lipinski definition) is 3. The molecule has 0 aromatic heterocycles. The molecule has 2 aliphatic rings. The Hall–Kier alpha value is -1.00. The van der Waals surface area contributed by atoms with Crippen molar-refractivity contribution in [1.82, 2.24) is 10.6 Å². The zero-order valence-electron chi connectivity index (χ0n) is 12.7. The Labute approximate surface area is 131 Å². The zero-order valence-corrected chi connectivity index (χ0v) is 13.5. The minimum Gasteiger partial charge on any atom is -0.351 e. The molecule has 1 aliphatic carbocycles. The van der Waals surface area contributed by atoms with Gasteiger partial charge >= 0.3 is 0 Å². The van der Waals surface area contributed by atoms with Gasteiger partial charge in [0.05, 0.1) is 4.75 Å². The Kier molecular flexibility index (Phi) is 4.55. The second kappa shape index (κ2) is 6.41. The van der Waals surface area contributed by atoms with Crippen molar-refractivity contribution < 1.29 is 4.79 Å². The number of nitrogens with one attached hydrogen (secondary N) is 2. The average molecular weight is 304 g/mol. The standard InChI is InChI=1S/C17H24N2OS/c1-13-4-6-15(7-5-13)21-17(9-2-3-10-17)16(20)19-14-8-11-18-12-14/h4-7,14,18H,2-3,8-12H2,1H3,(H,19,20). The Balaban J connectivity index is 1.72. The first kappa shape index (κ1) is 14.9. The maximum absolute atomic E-state index is 12.8. The normalized spacial score (nSPS) is 24.1. The summed E-state index contributed by atoms with van der Waals surface area (Å²) < 4.78 is -0.252. The SMILES string of the molecule is Cc1ccc(SC2(C(=O)NC3CCNC3)CCCC2)cc1. The molecule has 1 aliphatic heterocycles. The van der Waals surface area contributed by atoms with Crippen LogP contribution in [0.25, 0.3) is 0 Å². The van der Waals surface area contributed by atoms with E-state index in [0.717, 1.165) is 45.2 Å². The van der Waals surface area contributed by atoms with E-state index in [0.29, 0.717) is 6.04 Å². The van der Waals surface area contributed by atoms with Crippen LogP contribution in [0.4, 0.5) is 0 Å². The summed E-state index contributed by atoms with van der Waals surface area (Å²) in [4.78, 5) is 14.0. The highest BCUT2D eigenvalue weighted by molar-refractivity contribution is 8.01. The van der Waals surface area contributed by atoms with E-state index in [9.17, 15) is 4.79 Å². The smallest absolute Gasteiger partial charge is 0.236 e. The van der Waals surface area contributed by atoms with Crippen molar-refractivity contribution >= 4 is 17.7 Å². The van der Waals surface area contributed by atoms with Crippen LogP contribution in [0.5, 0.6) is 0 Å². The zero-order chi connectivity index (χ0) is 14.7. The molecule has 1 amide bonds. The highest BCUT2D eigenvalue weighted by Crippen LogP contribution is 2.45. The van der Waals surface area contributed by atoms with Crippen LogP contribution in [-0.2, 0) is 4.79 Å². The van der Waals surface area contributed by atoms with Crippen molar-refractivity contribution in [2.24, 2.45) is 0 Å². The highest BCUT2D eigenvalue weighted by Gasteiger charge is 2.42. The Morgan fingerprint density at radius 2 is 2.00 bits per heavy atom. The lowest BCUT2D eigenvalue weighted by Gasteiger charge is -2.28. The predicted molar refractivity (Wildman–Crippen MR) is 87.7 cm³/mol. The molecule has 3 nitrogen and oxygen atoms in total. The maximum Gasteiger partial charge on any atom is 0.236 e. The molecule has 21 heavy (non-hydrogen) atoms. The Morgan fingerprint density at radius 1 is 1.29 bits per heavy atom. The largest absolute Gasteiger partial charge is 0.351 e. The van der Waals surface area contributed by atoms with E-state index >= 15 is 0 Å². The molecule has 1 saturated heterocycles. The average Bonchev–Trinajstić information content (AvgIpc) is 3.14. The van der Waals surface area contributed by atoms with Gasteiger partial charge in [-0.15, -0.1) is 11.8 Å². The molecule has 114 valence electrons. The van der Waals surface area contributed by atoms with Gasteiger partial charge < -0.3 is 10.6 Å². The summed E-state index contributed by atoms with van der Waals surface area (Å²) in [5.41, 5.74) is 1.27. The van der Waals surface area contributed by atoms with Crippen molar-refractivity contribution in [2.45, 2.75) is 54.7 Å². The van der Waals surface area contributed by atoms with Crippen LogP contribution in [0.15, 0.2) is 29.2 Å². The Bertz CT molecular complexity index is 488. The Morgan fingerprint density at radius 3 is 2.62 bits per heavy atom. The number of carbonyl (C=O) groups excluding carboxylic acids is 1. The summed E-state index contributed by atoms with van der Waals surface area (Å²) in [6.07, 6.45) is 5.37. The number of carbonyl (C=O) groups is 1. The van der Waals surface area contributed by atoms with E-state index in [2.05, 4.69) is 41.8 Å². The molecule has 1 aromatic carbocycles. The molecular weight excluding hydrogens is 280 g/mol. The highest BCUT2D eigenvalue weighted by atomic mass is 32.2. The summed E-state index contributed by atoms with van der Waals surface area (Å²) in [5.74, 6) is 0.249. The van der Waals surface area contributed by atoms with Gasteiger partial charge in [-0.2, -0.15) is 0 Å². The summed E-state index contributed by atoms with van der Waals surface area (Å²) in [6.45, 7) is 4.03. The van der Waals surface area contributed by atoms with Gasteiger partial charge in [-0.3, -0.25) is 4.79 Å². The van der Waals surface area contributed by atoms with Gasteiger partial charge in [0, 0.05) is 17.5 Å². The summed E-state index contributed by atoms with van der Waals surface area (Å²) in [7, 11) is 0. The first-order valence-electron chi connectivity index (χ1n) is 7.95. The van der Waals surface area contributed by atoms with Gasteiger partial charge in [0.2, 0.25) is 5.91 Å². The molecule has 0 radical (unpaired) electrons. The van der Waals surface area contributed by atoms with Gasteiger partial charge in [0.1, 0.15) is 0 Å². The van der Waals surface area contributed by atoms with Crippen LogP contribution in [0.2, 0.25) is 0 Å². The molecule has 4 heteroatoms. The number of rotatable bonds is 4. The molecule has 1 saturated carbocycles. The molecule has 3 rings (SSSR count). The minimum atomic E-state index is -0.252. The summed E-state index contributed by atoms with van der Waals surface area (Å²) >= 11 is 1.77. The molecule has 1 heterocycles. The van der Waals surface area contributed by atoms with E-state index in [1.807, 2.05) is 0 Å². The van der Waals surface area contributed by atoms with Crippen LogP contribution in [0.1, 0.15) is 37.7 Å². The molecule has 1 aromatic rings. The first-order valence-corrected chi connectivity index (χ1v) is 8.77. The molecule has 0 bridgehead atoms. The molecule has 1 atom stereocenters. The molecular formula is C17H24N2OS. The van der Waals surface area contributed by atoms with E-state index in [1.165, 1.54) is 10.5 Å². The van der Waals surface area contributed by atoms with Crippen molar-refractivity contribution in [3.05, 3.63) is 29.8 Å². The number of hydrogen-bond donors (Lipinski definition) is 2. The maximum atomic E-state index is 12.8. The number of benzene rings is 1. The van der Waals surface area contributed by atoms with E-state index in [4.69, 9.17) is 0 Å². The fourth-order valence-electron chi connectivity index (χ4n) is 3.25. The van der Waals surface area contributed by atoms with Gasteiger partial charge in [0.25, 0.3) is 0 Å². The van der Waals surface area contributed by atoms with E-state index < -0.39 is 0 Å². The fourth-order valence-corrected chi connectivity index (χ4v) is 4.62. The second-order valence-electron chi connectivity index (χ2n) is 6.28. The van der Waals surface area contributed by atoms with Crippen molar-refractivity contribution in [3.63, 3.8) is 0 Å². The van der Waals surface area contributed by atoms with Gasteiger partial charge in [-0.05, 0) is 44.9 Å². The molecule has 0 spiro atoms. The van der Waals surface area contributed by atoms with Crippen LogP contribution in [-0.4, -0.2) is 29.8 Å². The second-order valence-corrected chi connectivity index (χ2v) is 7.74. The molecule has 2 fully saturated rings. The van der Waals surface area contributed by atoms with Crippen LogP contribution >= 0.6 is 11.8 Å².